The summed E-state index contributed by atoms with van der Waals surface area (Å²) in [5, 5.41) is 2.97. The van der Waals surface area contributed by atoms with Gasteiger partial charge in [-0.25, -0.2) is 9.37 Å². The molecule has 0 aliphatic carbocycles. The highest BCUT2D eigenvalue weighted by atomic mass is 19.1. The van der Waals surface area contributed by atoms with E-state index in [4.69, 9.17) is 9.47 Å². The van der Waals surface area contributed by atoms with Crippen LogP contribution in [0.5, 0.6) is 5.88 Å². The smallest absolute Gasteiger partial charge is 0.256 e. The van der Waals surface area contributed by atoms with Crippen molar-refractivity contribution in [1.82, 2.24) is 15.2 Å². The van der Waals surface area contributed by atoms with Gasteiger partial charge in [0.15, 0.2) is 0 Å². The van der Waals surface area contributed by atoms with Gasteiger partial charge in [-0.1, -0.05) is 12.1 Å². The fourth-order valence-corrected chi connectivity index (χ4v) is 3.13. The monoisotopic (exact) mass is 373 g/mol. The number of hydrogen-bond donors (Lipinski definition) is 1. The van der Waals surface area contributed by atoms with E-state index in [1.54, 1.807) is 30.5 Å². The van der Waals surface area contributed by atoms with Gasteiger partial charge in [-0.2, -0.15) is 0 Å². The highest BCUT2D eigenvalue weighted by Gasteiger charge is 2.24. The maximum absolute atomic E-state index is 13.3. The van der Waals surface area contributed by atoms with Crippen LogP contribution >= 0.6 is 0 Å². The molecule has 0 bridgehead atoms. The number of ether oxygens (including phenoxy) is 2. The van der Waals surface area contributed by atoms with Crippen LogP contribution in [0.25, 0.3) is 0 Å². The molecule has 1 aromatic heterocycles. The van der Waals surface area contributed by atoms with Crippen LogP contribution in [0, 0.1) is 5.82 Å². The molecule has 1 atom stereocenters. The summed E-state index contributed by atoms with van der Waals surface area (Å²) in [6, 6.07) is 9.74. The second-order valence-electron chi connectivity index (χ2n) is 6.21. The van der Waals surface area contributed by atoms with Crippen molar-refractivity contribution in [2.75, 3.05) is 39.5 Å². The molecule has 1 fully saturated rings. The summed E-state index contributed by atoms with van der Waals surface area (Å²) in [5.41, 5.74) is 1.36. The molecule has 1 N–H and O–H groups in total. The summed E-state index contributed by atoms with van der Waals surface area (Å²) < 4.78 is 24.2. The van der Waals surface area contributed by atoms with Gasteiger partial charge in [-0.15, -0.1) is 0 Å². The lowest BCUT2D eigenvalue weighted by molar-refractivity contribution is 0.0162. The molecule has 0 spiro atoms. The van der Waals surface area contributed by atoms with Crippen molar-refractivity contribution < 1.29 is 18.7 Å². The van der Waals surface area contributed by atoms with E-state index in [-0.39, 0.29) is 17.8 Å². The summed E-state index contributed by atoms with van der Waals surface area (Å²) >= 11 is 0. The molecule has 6 nitrogen and oxygen atoms in total. The van der Waals surface area contributed by atoms with Crippen LogP contribution in [-0.2, 0) is 4.74 Å². The average molecular weight is 373 g/mol. The Hall–Kier alpha value is -2.51. The molecule has 0 saturated carbocycles. The summed E-state index contributed by atoms with van der Waals surface area (Å²) in [5.74, 6) is -0.200. The van der Waals surface area contributed by atoms with Crippen LogP contribution in [0.4, 0.5) is 4.39 Å². The Morgan fingerprint density at radius 1 is 1.30 bits per heavy atom. The minimum atomic E-state index is -0.278. The zero-order chi connectivity index (χ0) is 19.1. The number of hydrogen-bond acceptors (Lipinski definition) is 5. The Kier molecular flexibility index (Phi) is 6.73. The summed E-state index contributed by atoms with van der Waals surface area (Å²) in [6.07, 6.45) is 1.59. The number of nitrogens with one attached hydrogen (secondary N) is 1. The first kappa shape index (κ1) is 19.3. The third-order valence-corrected chi connectivity index (χ3v) is 4.49. The minimum absolute atomic E-state index is 0.0642. The van der Waals surface area contributed by atoms with Crippen molar-refractivity contribution in [3.8, 4) is 5.88 Å². The number of amides is 1. The van der Waals surface area contributed by atoms with E-state index < -0.39 is 0 Å². The Morgan fingerprint density at radius 3 is 2.74 bits per heavy atom. The molecule has 1 aromatic carbocycles. The number of rotatable bonds is 7. The van der Waals surface area contributed by atoms with Crippen molar-refractivity contribution in [3.63, 3.8) is 0 Å². The predicted molar refractivity (Wildman–Crippen MR) is 99.3 cm³/mol. The first-order valence-electron chi connectivity index (χ1n) is 9.12. The highest BCUT2D eigenvalue weighted by Crippen LogP contribution is 2.22. The van der Waals surface area contributed by atoms with Gasteiger partial charge in [0.05, 0.1) is 25.9 Å². The van der Waals surface area contributed by atoms with Gasteiger partial charge in [0, 0.05) is 25.8 Å². The molecule has 144 valence electrons. The second kappa shape index (κ2) is 9.43. The maximum Gasteiger partial charge on any atom is 0.256 e. The highest BCUT2D eigenvalue weighted by molar-refractivity contribution is 5.96. The van der Waals surface area contributed by atoms with Crippen molar-refractivity contribution in [2.45, 2.75) is 13.0 Å². The van der Waals surface area contributed by atoms with Crippen LogP contribution in [0.3, 0.4) is 0 Å². The number of morpholine rings is 1. The van der Waals surface area contributed by atoms with Gasteiger partial charge >= 0.3 is 0 Å². The first-order valence-corrected chi connectivity index (χ1v) is 9.12. The Labute approximate surface area is 158 Å². The topological polar surface area (TPSA) is 63.7 Å². The molecule has 27 heavy (non-hydrogen) atoms. The first-order chi connectivity index (χ1) is 13.2. The Bertz CT molecular complexity index is 748. The standard InChI is InChI=1S/C20H24FN3O3/c1-2-27-20-17(4-3-9-22-20)19(25)23-14-18(24-10-12-26-13-11-24)15-5-7-16(21)8-6-15/h3-9,18H,2,10-14H2,1H3,(H,23,25)/t18-/m0/s1. The van der Waals surface area contributed by atoms with Gasteiger partial charge in [0.25, 0.3) is 5.91 Å². The number of nitrogens with zero attached hydrogens (tertiary/aromatic N) is 2. The molecule has 2 aromatic rings. The maximum atomic E-state index is 13.3. The lowest BCUT2D eigenvalue weighted by atomic mass is 10.0. The molecular weight excluding hydrogens is 349 g/mol. The van der Waals surface area contributed by atoms with E-state index in [1.807, 2.05) is 6.92 Å². The van der Waals surface area contributed by atoms with E-state index in [0.29, 0.717) is 37.8 Å². The van der Waals surface area contributed by atoms with Crippen LogP contribution in [0.1, 0.15) is 28.9 Å². The number of aromatic nitrogens is 1. The zero-order valence-electron chi connectivity index (χ0n) is 15.4. The lowest BCUT2D eigenvalue weighted by Crippen LogP contribution is -2.43. The molecular formula is C20H24FN3O3. The molecule has 1 aliphatic heterocycles. The number of carbonyl (C=O) groups excluding carboxylic acids is 1. The Balaban J connectivity index is 1.74. The second-order valence-corrected chi connectivity index (χ2v) is 6.21. The summed E-state index contributed by atoms with van der Waals surface area (Å²) in [6.45, 7) is 5.48. The number of pyridine rings is 1. The van der Waals surface area contributed by atoms with Crippen LogP contribution in [0.2, 0.25) is 0 Å². The summed E-state index contributed by atoms with van der Waals surface area (Å²) in [4.78, 5) is 19.0. The molecule has 1 amide bonds. The fraction of sp³-hybridized carbons (Fsp3) is 0.400. The van der Waals surface area contributed by atoms with Crippen LogP contribution < -0.4 is 10.1 Å². The van der Waals surface area contributed by atoms with Gasteiger partial charge in [-0.05, 0) is 36.8 Å². The minimum Gasteiger partial charge on any atom is -0.477 e. The molecule has 7 heteroatoms. The van der Waals surface area contributed by atoms with Gasteiger partial charge in [0.1, 0.15) is 11.4 Å². The van der Waals surface area contributed by atoms with Gasteiger partial charge in [0.2, 0.25) is 5.88 Å². The van der Waals surface area contributed by atoms with E-state index in [2.05, 4.69) is 15.2 Å². The molecule has 1 aliphatic rings. The van der Waals surface area contributed by atoms with Crippen LogP contribution in [-0.4, -0.2) is 55.2 Å². The quantitative estimate of drug-likeness (QED) is 0.808. The van der Waals surface area contributed by atoms with E-state index in [9.17, 15) is 9.18 Å². The normalized spacial score (nSPS) is 15.9. The molecule has 0 unspecified atom stereocenters. The fourth-order valence-electron chi connectivity index (χ4n) is 3.13. The SMILES string of the molecule is CCOc1ncccc1C(=O)NC[C@@H](c1ccc(F)cc1)N1CCOCC1. The third kappa shape index (κ3) is 5.02. The van der Waals surface area contributed by atoms with E-state index in [0.717, 1.165) is 18.7 Å². The zero-order valence-corrected chi connectivity index (χ0v) is 15.4. The molecule has 3 rings (SSSR count). The lowest BCUT2D eigenvalue weighted by Gasteiger charge is -2.35. The van der Waals surface area contributed by atoms with E-state index in [1.165, 1.54) is 12.1 Å². The molecule has 1 saturated heterocycles. The number of halogens is 1. The largest absolute Gasteiger partial charge is 0.477 e. The van der Waals surface area contributed by atoms with Gasteiger partial charge < -0.3 is 14.8 Å². The third-order valence-electron chi connectivity index (χ3n) is 4.49. The molecule has 0 radical (unpaired) electrons. The number of benzene rings is 1. The van der Waals surface area contributed by atoms with Gasteiger partial charge in [-0.3, -0.25) is 9.69 Å². The summed E-state index contributed by atoms with van der Waals surface area (Å²) in [7, 11) is 0. The van der Waals surface area contributed by atoms with Crippen LogP contribution in [0.15, 0.2) is 42.6 Å². The average Bonchev–Trinajstić information content (AvgIpc) is 2.71. The predicted octanol–water partition coefficient (Wildman–Crippen LogP) is 2.42. The molecule has 2 heterocycles. The Morgan fingerprint density at radius 2 is 2.04 bits per heavy atom. The number of carbonyl (C=O) groups is 1. The van der Waals surface area contributed by atoms with Crippen molar-refractivity contribution in [1.29, 1.82) is 0 Å². The van der Waals surface area contributed by atoms with Crippen molar-refractivity contribution >= 4 is 5.91 Å². The van der Waals surface area contributed by atoms with Crippen molar-refractivity contribution in [2.24, 2.45) is 0 Å². The van der Waals surface area contributed by atoms with Crippen molar-refractivity contribution in [3.05, 3.63) is 59.5 Å². The van der Waals surface area contributed by atoms with E-state index >= 15 is 0 Å².